The van der Waals surface area contributed by atoms with Crippen molar-refractivity contribution in [2.45, 2.75) is 19.3 Å². The highest BCUT2D eigenvalue weighted by molar-refractivity contribution is 5.90. The van der Waals surface area contributed by atoms with Gasteiger partial charge in [0.15, 0.2) is 0 Å². The lowest BCUT2D eigenvalue weighted by Gasteiger charge is -2.20. The molecule has 0 spiro atoms. The molecule has 3 aliphatic rings. The molecule has 2 saturated carbocycles. The molecule has 3 rings (SSSR count). The fraction of sp³-hybridized carbons (Fsp3) is 0.667. The van der Waals surface area contributed by atoms with Crippen LogP contribution in [0, 0.1) is 40.9 Å². The fourth-order valence-electron chi connectivity index (χ4n) is 3.72. The molecule has 14 heavy (non-hydrogen) atoms. The van der Waals surface area contributed by atoms with Gasteiger partial charge in [-0.05, 0) is 24.7 Å². The van der Waals surface area contributed by atoms with Gasteiger partial charge < -0.3 is 0 Å². The van der Waals surface area contributed by atoms with Crippen molar-refractivity contribution in [3.05, 3.63) is 12.2 Å². The van der Waals surface area contributed by atoms with Crippen LogP contribution in [-0.2, 0) is 4.79 Å². The molecule has 5 atom stereocenters. The molecule has 0 unspecified atom stereocenters. The maximum Gasteiger partial charge on any atom is 0.144 e. The third-order valence-electron chi connectivity index (χ3n) is 4.27. The predicted molar refractivity (Wildman–Crippen MR) is 51.1 cm³/mol. The van der Waals surface area contributed by atoms with Gasteiger partial charge in [0.05, 0.1) is 12.0 Å². The van der Waals surface area contributed by atoms with Crippen molar-refractivity contribution in [2.75, 3.05) is 0 Å². The van der Waals surface area contributed by atoms with Gasteiger partial charge in [0.25, 0.3) is 0 Å². The topological polar surface area (TPSA) is 40.9 Å². The molecule has 2 fully saturated rings. The molecule has 0 heterocycles. The van der Waals surface area contributed by atoms with E-state index < -0.39 is 0 Å². The maximum atomic E-state index is 12.0. The third-order valence-corrected chi connectivity index (χ3v) is 4.27. The molecule has 0 saturated heterocycles. The summed E-state index contributed by atoms with van der Waals surface area (Å²) in [4.78, 5) is 12.0. The number of fused-ring (bicyclic) bond motifs is 5. The Morgan fingerprint density at radius 2 is 2.07 bits per heavy atom. The minimum Gasteiger partial charge on any atom is -0.299 e. The number of rotatable bonds is 0. The van der Waals surface area contributed by atoms with E-state index in [2.05, 4.69) is 6.07 Å². The SMILES string of the molecule is N#C[C@H]1C=C[C@@H]2C(=O)[C@H]1[C@@H]1CCC[C@@H]12. The van der Waals surface area contributed by atoms with Gasteiger partial charge in [-0.3, -0.25) is 4.79 Å². The van der Waals surface area contributed by atoms with Crippen molar-refractivity contribution in [1.82, 2.24) is 0 Å². The van der Waals surface area contributed by atoms with Gasteiger partial charge in [0, 0.05) is 11.8 Å². The van der Waals surface area contributed by atoms with Crippen molar-refractivity contribution in [1.29, 1.82) is 5.26 Å². The first-order chi connectivity index (χ1) is 6.83. The number of carbonyl (C=O) groups excluding carboxylic acids is 1. The normalized spacial score (nSPS) is 49.1. The number of ketones is 1. The van der Waals surface area contributed by atoms with E-state index in [4.69, 9.17) is 5.26 Å². The standard InChI is InChI=1S/C12H13NO/c13-6-7-4-5-10-8-2-1-3-9(8)11(7)12(10)14/h4-5,7-11H,1-3H2/t7-,8+,9-,10+,11-/m1/s1. The first-order valence-corrected chi connectivity index (χ1v) is 5.44. The molecule has 2 nitrogen and oxygen atoms in total. The molecular formula is C12H13NO. The van der Waals surface area contributed by atoms with E-state index in [9.17, 15) is 4.79 Å². The Morgan fingerprint density at radius 1 is 1.29 bits per heavy atom. The molecule has 3 aliphatic carbocycles. The van der Waals surface area contributed by atoms with Crippen molar-refractivity contribution >= 4 is 5.78 Å². The molecule has 2 heteroatoms. The van der Waals surface area contributed by atoms with Crippen molar-refractivity contribution in [2.24, 2.45) is 29.6 Å². The lowest BCUT2D eigenvalue weighted by atomic mass is 9.80. The summed E-state index contributed by atoms with van der Waals surface area (Å²) in [5.41, 5.74) is 0. The van der Waals surface area contributed by atoms with Crippen LogP contribution in [-0.4, -0.2) is 5.78 Å². The van der Waals surface area contributed by atoms with Crippen LogP contribution in [0.25, 0.3) is 0 Å². The molecule has 0 aromatic heterocycles. The predicted octanol–water partition coefficient (Wildman–Crippen LogP) is 1.93. The van der Waals surface area contributed by atoms with Crippen LogP contribution in [0.3, 0.4) is 0 Å². The van der Waals surface area contributed by atoms with Crippen LogP contribution in [0.15, 0.2) is 12.2 Å². The zero-order valence-corrected chi connectivity index (χ0v) is 8.02. The molecule has 0 radical (unpaired) electrons. The Kier molecular flexibility index (Phi) is 1.58. The largest absolute Gasteiger partial charge is 0.299 e. The van der Waals surface area contributed by atoms with Gasteiger partial charge in [-0.15, -0.1) is 0 Å². The van der Waals surface area contributed by atoms with Crippen molar-refractivity contribution in [3.8, 4) is 6.07 Å². The Balaban J connectivity index is 2.04. The monoisotopic (exact) mass is 187 g/mol. The zero-order valence-electron chi connectivity index (χ0n) is 8.02. The van der Waals surface area contributed by atoms with E-state index in [0.29, 0.717) is 17.6 Å². The number of hydrogen-bond acceptors (Lipinski definition) is 2. The summed E-state index contributed by atoms with van der Waals surface area (Å²) in [6, 6.07) is 2.27. The Hall–Kier alpha value is -1.10. The minimum atomic E-state index is -0.133. The highest BCUT2D eigenvalue weighted by Crippen LogP contribution is 2.54. The third kappa shape index (κ3) is 0.829. The summed E-state index contributed by atoms with van der Waals surface area (Å²) in [7, 11) is 0. The summed E-state index contributed by atoms with van der Waals surface area (Å²) >= 11 is 0. The van der Waals surface area contributed by atoms with E-state index >= 15 is 0 Å². The average Bonchev–Trinajstić information content (AvgIpc) is 2.70. The van der Waals surface area contributed by atoms with Gasteiger partial charge in [-0.1, -0.05) is 18.6 Å². The summed E-state index contributed by atoms with van der Waals surface area (Å²) in [6.45, 7) is 0. The maximum absolute atomic E-state index is 12.0. The van der Waals surface area contributed by atoms with Gasteiger partial charge in [-0.2, -0.15) is 5.26 Å². The van der Waals surface area contributed by atoms with Gasteiger partial charge in [0.1, 0.15) is 5.78 Å². The summed E-state index contributed by atoms with van der Waals surface area (Å²) in [5.74, 6) is 1.52. The van der Waals surface area contributed by atoms with Crippen LogP contribution in [0.5, 0.6) is 0 Å². The van der Waals surface area contributed by atoms with E-state index in [1.54, 1.807) is 0 Å². The van der Waals surface area contributed by atoms with Crippen LogP contribution >= 0.6 is 0 Å². The number of nitriles is 1. The van der Waals surface area contributed by atoms with Gasteiger partial charge >= 0.3 is 0 Å². The second kappa shape index (κ2) is 2.70. The Labute approximate surface area is 83.6 Å². The zero-order chi connectivity index (χ0) is 9.71. The quantitative estimate of drug-likeness (QED) is 0.544. The molecule has 0 amide bonds. The smallest absolute Gasteiger partial charge is 0.144 e. The van der Waals surface area contributed by atoms with E-state index in [0.717, 1.165) is 6.42 Å². The second-order valence-corrected chi connectivity index (χ2v) is 4.75. The fourth-order valence-corrected chi connectivity index (χ4v) is 3.72. The van der Waals surface area contributed by atoms with Crippen molar-refractivity contribution in [3.63, 3.8) is 0 Å². The molecule has 0 N–H and O–H groups in total. The Bertz CT molecular complexity index is 352. The van der Waals surface area contributed by atoms with E-state index in [1.165, 1.54) is 12.8 Å². The Morgan fingerprint density at radius 3 is 2.86 bits per heavy atom. The number of allylic oxidation sites excluding steroid dienone is 2. The van der Waals surface area contributed by atoms with E-state index in [1.807, 2.05) is 12.2 Å². The molecule has 0 aliphatic heterocycles. The molecule has 0 aromatic carbocycles. The van der Waals surface area contributed by atoms with Gasteiger partial charge in [0.2, 0.25) is 0 Å². The molecule has 2 bridgehead atoms. The minimum absolute atomic E-state index is 0.0440. The number of hydrogen-bond donors (Lipinski definition) is 0. The number of Topliss-reactive ketones (excluding diaryl/α,β-unsaturated/α-hetero) is 1. The second-order valence-electron chi connectivity index (χ2n) is 4.75. The highest BCUT2D eigenvalue weighted by atomic mass is 16.1. The van der Waals surface area contributed by atoms with Crippen LogP contribution in [0.4, 0.5) is 0 Å². The van der Waals surface area contributed by atoms with Crippen LogP contribution in [0.1, 0.15) is 19.3 Å². The number of carbonyl (C=O) groups is 1. The van der Waals surface area contributed by atoms with Crippen LogP contribution in [0.2, 0.25) is 0 Å². The molecule has 0 aromatic rings. The van der Waals surface area contributed by atoms with Crippen LogP contribution < -0.4 is 0 Å². The van der Waals surface area contributed by atoms with Crippen molar-refractivity contribution < 1.29 is 4.79 Å². The summed E-state index contributed by atoms with van der Waals surface area (Å²) in [5, 5.41) is 9.00. The van der Waals surface area contributed by atoms with Gasteiger partial charge in [-0.25, -0.2) is 0 Å². The first-order valence-electron chi connectivity index (χ1n) is 5.44. The molecule has 72 valence electrons. The average molecular weight is 187 g/mol. The lowest BCUT2D eigenvalue weighted by Crippen LogP contribution is -2.26. The number of nitrogens with zero attached hydrogens (tertiary/aromatic N) is 1. The summed E-state index contributed by atoms with van der Waals surface area (Å²) in [6.07, 6.45) is 7.58. The first kappa shape index (κ1) is 8.23. The lowest BCUT2D eigenvalue weighted by molar-refractivity contribution is -0.124. The highest BCUT2D eigenvalue weighted by Gasteiger charge is 2.54. The molecular weight excluding hydrogens is 174 g/mol. The summed E-state index contributed by atoms with van der Waals surface area (Å²) < 4.78 is 0. The van der Waals surface area contributed by atoms with E-state index in [-0.39, 0.29) is 17.8 Å².